The molecule has 2 aromatic carbocycles. The minimum absolute atomic E-state index is 0.0879. The Morgan fingerprint density at radius 2 is 1.12 bits per heavy atom. The molecule has 34 heavy (non-hydrogen) atoms. The Morgan fingerprint density at radius 1 is 0.735 bits per heavy atom. The SMILES string of the molecule is CCc1cc(CO)ccc1C1CCN(C(=O)N2CCC(c3ccc(CO)cc3CC)CC2)CC1. The predicted octanol–water partition coefficient (Wildman–Crippen LogP) is 4.98. The molecule has 0 unspecified atom stereocenters. The van der Waals surface area contributed by atoms with Gasteiger partial charge in [-0.05, 0) is 83.7 Å². The second-order valence-corrected chi connectivity index (χ2v) is 9.89. The molecule has 4 rings (SSSR count). The topological polar surface area (TPSA) is 64.0 Å². The van der Waals surface area contributed by atoms with E-state index in [-0.39, 0.29) is 19.2 Å². The summed E-state index contributed by atoms with van der Waals surface area (Å²) >= 11 is 0. The summed E-state index contributed by atoms with van der Waals surface area (Å²) in [6.07, 6.45) is 5.96. The molecule has 2 heterocycles. The molecule has 2 aromatic rings. The van der Waals surface area contributed by atoms with Crippen LogP contribution in [0.25, 0.3) is 0 Å². The molecular weight excluding hydrogens is 424 g/mol. The minimum Gasteiger partial charge on any atom is -0.392 e. The van der Waals surface area contributed by atoms with E-state index in [9.17, 15) is 15.0 Å². The molecule has 0 spiro atoms. The number of carbonyl (C=O) groups excluding carboxylic acids is 1. The van der Waals surface area contributed by atoms with E-state index in [4.69, 9.17) is 0 Å². The molecule has 2 fully saturated rings. The Bertz CT molecular complexity index is 896. The van der Waals surface area contributed by atoms with Crippen molar-refractivity contribution in [3.05, 3.63) is 69.8 Å². The van der Waals surface area contributed by atoms with E-state index >= 15 is 0 Å². The Morgan fingerprint density at radius 3 is 1.44 bits per heavy atom. The highest BCUT2D eigenvalue weighted by Crippen LogP contribution is 2.34. The number of aliphatic hydroxyl groups is 2. The van der Waals surface area contributed by atoms with Crippen LogP contribution in [0.1, 0.15) is 84.7 Å². The lowest BCUT2D eigenvalue weighted by atomic mass is 9.84. The van der Waals surface area contributed by atoms with Crippen molar-refractivity contribution in [1.29, 1.82) is 0 Å². The number of aryl methyl sites for hydroxylation is 2. The third kappa shape index (κ3) is 5.31. The van der Waals surface area contributed by atoms with E-state index in [1.165, 1.54) is 22.3 Å². The van der Waals surface area contributed by atoms with Crippen molar-refractivity contribution in [3.63, 3.8) is 0 Å². The van der Waals surface area contributed by atoms with Gasteiger partial charge >= 0.3 is 6.03 Å². The van der Waals surface area contributed by atoms with Crippen molar-refractivity contribution in [2.24, 2.45) is 0 Å². The van der Waals surface area contributed by atoms with Gasteiger partial charge in [0, 0.05) is 26.2 Å². The molecule has 2 aliphatic rings. The molecule has 2 aliphatic heterocycles. The van der Waals surface area contributed by atoms with Gasteiger partial charge < -0.3 is 20.0 Å². The van der Waals surface area contributed by atoms with Gasteiger partial charge in [-0.2, -0.15) is 0 Å². The first-order valence-electron chi connectivity index (χ1n) is 13.1. The van der Waals surface area contributed by atoms with Crippen LogP contribution in [-0.4, -0.2) is 52.2 Å². The number of urea groups is 1. The third-order valence-electron chi connectivity index (χ3n) is 7.95. The van der Waals surface area contributed by atoms with Crippen molar-refractivity contribution in [2.45, 2.75) is 77.4 Å². The Labute approximate surface area is 204 Å². The average molecular weight is 465 g/mol. The summed E-state index contributed by atoms with van der Waals surface area (Å²) in [6, 6.07) is 12.9. The zero-order chi connectivity index (χ0) is 24.1. The Balaban J connectivity index is 1.32. The number of nitrogens with zero attached hydrogens (tertiary/aromatic N) is 2. The summed E-state index contributed by atoms with van der Waals surface area (Å²) in [5.74, 6) is 0.985. The second kappa shape index (κ2) is 11.4. The van der Waals surface area contributed by atoms with E-state index in [1.807, 2.05) is 12.1 Å². The van der Waals surface area contributed by atoms with Gasteiger partial charge in [0.05, 0.1) is 13.2 Å². The number of aliphatic hydroxyl groups excluding tert-OH is 2. The van der Waals surface area contributed by atoms with Gasteiger partial charge in [-0.15, -0.1) is 0 Å². The highest BCUT2D eigenvalue weighted by Gasteiger charge is 2.31. The predicted molar refractivity (Wildman–Crippen MR) is 136 cm³/mol. The zero-order valence-corrected chi connectivity index (χ0v) is 20.8. The zero-order valence-electron chi connectivity index (χ0n) is 20.8. The molecule has 2 N–H and O–H groups in total. The fourth-order valence-electron chi connectivity index (χ4n) is 5.89. The summed E-state index contributed by atoms with van der Waals surface area (Å²) in [5.41, 5.74) is 7.41. The van der Waals surface area contributed by atoms with Crippen LogP contribution < -0.4 is 0 Å². The number of amides is 2. The van der Waals surface area contributed by atoms with E-state index < -0.39 is 0 Å². The van der Waals surface area contributed by atoms with Crippen molar-refractivity contribution < 1.29 is 15.0 Å². The fraction of sp³-hybridized carbons (Fsp3) is 0.552. The lowest BCUT2D eigenvalue weighted by Gasteiger charge is -2.39. The van der Waals surface area contributed by atoms with Crippen molar-refractivity contribution in [2.75, 3.05) is 26.2 Å². The van der Waals surface area contributed by atoms with Crippen molar-refractivity contribution in [1.82, 2.24) is 9.80 Å². The number of piperidine rings is 2. The third-order valence-corrected chi connectivity index (χ3v) is 7.95. The highest BCUT2D eigenvalue weighted by molar-refractivity contribution is 5.74. The Kier molecular flexibility index (Phi) is 8.28. The van der Waals surface area contributed by atoms with Crippen LogP contribution in [-0.2, 0) is 26.1 Å². The molecule has 0 saturated carbocycles. The van der Waals surface area contributed by atoms with Crippen LogP contribution in [0.5, 0.6) is 0 Å². The summed E-state index contributed by atoms with van der Waals surface area (Å²) in [4.78, 5) is 17.4. The number of rotatable bonds is 6. The lowest BCUT2D eigenvalue weighted by molar-refractivity contribution is 0.128. The average Bonchev–Trinajstić information content (AvgIpc) is 2.92. The van der Waals surface area contributed by atoms with E-state index in [0.717, 1.165) is 75.8 Å². The van der Waals surface area contributed by atoms with Gasteiger partial charge in [-0.3, -0.25) is 0 Å². The molecular formula is C29H40N2O3. The first-order chi connectivity index (χ1) is 16.6. The lowest BCUT2D eigenvalue weighted by Crippen LogP contribution is -2.48. The maximum atomic E-state index is 13.2. The molecule has 0 aliphatic carbocycles. The standard InChI is InChI=1S/C29H40N2O3/c1-3-23-17-21(19-32)5-7-27(23)25-9-13-30(14-10-25)29(34)31-15-11-26(12-16-31)28-8-6-22(20-33)18-24(28)4-2/h5-8,17-18,25-26,32-33H,3-4,9-16,19-20H2,1-2H3. The van der Waals surface area contributed by atoms with E-state index in [0.29, 0.717) is 11.8 Å². The number of benzene rings is 2. The first-order valence-corrected chi connectivity index (χ1v) is 13.1. The summed E-state index contributed by atoms with van der Waals surface area (Å²) in [6.45, 7) is 7.79. The summed E-state index contributed by atoms with van der Waals surface area (Å²) in [5, 5.41) is 18.9. The van der Waals surface area contributed by atoms with Gasteiger partial charge in [0.1, 0.15) is 0 Å². The molecule has 2 amide bonds. The van der Waals surface area contributed by atoms with Crippen LogP contribution in [0.4, 0.5) is 4.79 Å². The molecule has 184 valence electrons. The maximum Gasteiger partial charge on any atom is 0.319 e. The molecule has 5 heteroatoms. The summed E-state index contributed by atoms with van der Waals surface area (Å²) < 4.78 is 0. The first kappa shape index (κ1) is 24.7. The molecule has 0 aromatic heterocycles. The van der Waals surface area contributed by atoms with E-state index in [1.54, 1.807) is 0 Å². The minimum atomic E-state index is 0.0879. The largest absolute Gasteiger partial charge is 0.392 e. The maximum absolute atomic E-state index is 13.2. The smallest absolute Gasteiger partial charge is 0.319 e. The fourth-order valence-corrected chi connectivity index (χ4v) is 5.89. The second-order valence-electron chi connectivity index (χ2n) is 9.89. The van der Waals surface area contributed by atoms with Crippen molar-refractivity contribution >= 4 is 6.03 Å². The summed E-state index contributed by atoms with van der Waals surface area (Å²) in [7, 11) is 0. The quantitative estimate of drug-likeness (QED) is 0.634. The number of hydrogen-bond acceptors (Lipinski definition) is 3. The Hall–Kier alpha value is -2.37. The van der Waals surface area contributed by atoms with Crippen LogP contribution in [0.3, 0.4) is 0 Å². The molecule has 0 atom stereocenters. The van der Waals surface area contributed by atoms with Gasteiger partial charge in [0.2, 0.25) is 0 Å². The van der Waals surface area contributed by atoms with Gasteiger partial charge in [-0.1, -0.05) is 50.2 Å². The molecule has 0 radical (unpaired) electrons. The van der Waals surface area contributed by atoms with Gasteiger partial charge in [0.15, 0.2) is 0 Å². The number of likely N-dealkylation sites (tertiary alicyclic amines) is 2. The molecule has 5 nitrogen and oxygen atoms in total. The van der Waals surface area contributed by atoms with Crippen LogP contribution in [0.15, 0.2) is 36.4 Å². The number of carbonyl (C=O) groups is 1. The van der Waals surface area contributed by atoms with Crippen LogP contribution in [0.2, 0.25) is 0 Å². The normalized spacial score (nSPS) is 17.9. The molecule has 2 saturated heterocycles. The molecule has 0 bridgehead atoms. The van der Waals surface area contributed by atoms with Crippen LogP contribution in [0, 0.1) is 0 Å². The van der Waals surface area contributed by atoms with Crippen molar-refractivity contribution in [3.8, 4) is 0 Å². The number of hydrogen-bond donors (Lipinski definition) is 2. The van der Waals surface area contributed by atoms with Gasteiger partial charge in [0.25, 0.3) is 0 Å². The highest BCUT2D eigenvalue weighted by atomic mass is 16.3. The monoisotopic (exact) mass is 464 g/mol. The van der Waals surface area contributed by atoms with Gasteiger partial charge in [-0.25, -0.2) is 4.79 Å². The van der Waals surface area contributed by atoms with E-state index in [2.05, 4.69) is 47.9 Å². The van der Waals surface area contributed by atoms with Crippen LogP contribution >= 0.6 is 0 Å².